The summed E-state index contributed by atoms with van der Waals surface area (Å²) in [5.41, 5.74) is 1.68. The van der Waals surface area contributed by atoms with E-state index in [1.807, 2.05) is 18.4 Å². The number of hydrogen-bond donors (Lipinski definition) is 2. The zero-order chi connectivity index (χ0) is 14.5. The Hall–Kier alpha value is -1.44. The molecule has 0 bridgehead atoms. The van der Waals surface area contributed by atoms with Crippen LogP contribution in [0.25, 0.3) is 0 Å². The largest absolute Gasteiger partial charge is 0.383 e. The Labute approximate surface area is 122 Å². The first-order valence-corrected chi connectivity index (χ1v) is 6.80. The van der Waals surface area contributed by atoms with Crippen molar-refractivity contribution >= 4 is 11.6 Å². The monoisotopic (exact) mass is 298 g/mol. The highest BCUT2D eigenvalue weighted by Gasteiger charge is 2.14. The van der Waals surface area contributed by atoms with Gasteiger partial charge in [-0.2, -0.15) is 5.10 Å². The summed E-state index contributed by atoms with van der Waals surface area (Å²) in [7, 11) is 1.67. The Balaban J connectivity index is 1.96. The van der Waals surface area contributed by atoms with Gasteiger partial charge in [0.25, 0.3) is 0 Å². The van der Waals surface area contributed by atoms with Gasteiger partial charge in [-0.3, -0.25) is 5.10 Å². The maximum atomic E-state index is 6.13. The number of ether oxygens (including phenoxy) is 1. The van der Waals surface area contributed by atoms with Crippen molar-refractivity contribution in [2.45, 2.75) is 33.0 Å². The Morgan fingerprint density at radius 2 is 2.35 bits per heavy atom. The number of halogens is 1. The van der Waals surface area contributed by atoms with E-state index < -0.39 is 0 Å². The third-order valence-corrected chi connectivity index (χ3v) is 3.59. The van der Waals surface area contributed by atoms with Crippen LogP contribution >= 0.6 is 11.6 Å². The molecule has 2 aromatic heterocycles. The minimum Gasteiger partial charge on any atom is -0.383 e. The molecular formula is C12H19ClN6O. The average Bonchev–Trinajstić information content (AvgIpc) is 3.03. The van der Waals surface area contributed by atoms with E-state index in [2.05, 4.69) is 25.7 Å². The zero-order valence-electron chi connectivity index (χ0n) is 11.9. The van der Waals surface area contributed by atoms with E-state index in [1.165, 1.54) is 0 Å². The zero-order valence-corrected chi connectivity index (χ0v) is 12.6. The molecule has 2 aromatic rings. The summed E-state index contributed by atoms with van der Waals surface area (Å²) in [5, 5.41) is 19.1. The number of H-pyrrole nitrogens is 1. The lowest BCUT2D eigenvalue weighted by atomic mass is 10.3. The van der Waals surface area contributed by atoms with Crippen LogP contribution in [-0.2, 0) is 17.8 Å². The van der Waals surface area contributed by atoms with Crippen LogP contribution in [0.4, 0.5) is 0 Å². The quantitative estimate of drug-likeness (QED) is 0.809. The van der Waals surface area contributed by atoms with Crippen LogP contribution in [0, 0.1) is 6.92 Å². The molecule has 0 radical (unpaired) electrons. The molecule has 0 saturated heterocycles. The summed E-state index contributed by atoms with van der Waals surface area (Å²) in [4.78, 5) is 0. The van der Waals surface area contributed by atoms with Crippen molar-refractivity contribution in [3.63, 3.8) is 0 Å². The molecule has 0 aliphatic carbocycles. The second kappa shape index (κ2) is 6.83. The van der Waals surface area contributed by atoms with Gasteiger partial charge in [-0.1, -0.05) is 11.6 Å². The molecule has 1 unspecified atom stereocenters. The van der Waals surface area contributed by atoms with Gasteiger partial charge >= 0.3 is 0 Å². The maximum Gasteiger partial charge on any atom is 0.149 e. The number of aromatic nitrogens is 5. The molecule has 110 valence electrons. The highest BCUT2D eigenvalue weighted by Crippen LogP contribution is 2.18. The first kappa shape index (κ1) is 15.0. The molecule has 2 N–H and O–H groups in total. The molecule has 20 heavy (non-hydrogen) atoms. The van der Waals surface area contributed by atoms with Crippen molar-refractivity contribution in [2.75, 3.05) is 13.7 Å². The third kappa shape index (κ3) is 3.36. The fourth-order valence-corrected chi connectivity index (χ4v) is 2.04. The number of hydrogen-bond acceptors (Lipinski definition) is 5. The number of methoxy groups -OCH3 is 1. The topological polar surface area (TPSA) is 80.7 Å². The van der Waals surface area contributed by atoms with E-state index in [0.29, 0.717) is 18.2 Å². The SMILES string of the molecule is COCCn1cnnc1C(C)NCc1n[nH]c(C)c1Cl. The Bertz CT molecular complexity index is 552. The van der Waals surface area contributed by atoms with Gasteiger partial charge in [0.05, 0.1) is 29.1 Å². The number of nitrogens with one attached hydrogen (secondary N) is 2. The first-order chi connectivity index (χ1) is 9.63. The van der Waals surface area contributed by atoms with E-state index >= 15 is 0 Å². The van der Waals surface area contributed by atoms with Crippen LogP contribution < -0.4 is 5.32 Å². The highest BCUT2D eigenvalue weighted by molar-refractivity contribution is 6.31. The van der Waals surface area contributed by atoms with Crippen molar-refractivity contribution in [2.24, 2.45) is 0 Å². The fourth-order valence-electron chi connectivity index (χ4n) is 1.89. The summed E-state index contributed by atoms with van der Waals surface area (Å²) in [5.74, 6) is 0.866. The van der Waals surface area contributed by atoms with E-state index in [4.69, 9.17) is 16.3 Å². The Morgan fingerprint density at radius 1 is 1.55 bits per heavy atom. The summed E-state index contributed by atoms with van der Waals surface area (Å²) in [6.45, 7) is 5.85. The van der Waals surface area contributed by atoms with Crippen LogP contribution in [0.3, 0.4) is 0 Å². The lowest BCUT2D eigenvalue weighted by molar-refractivity contribution is 0.185. The molecule has 2 heterocycles. The average molecular weight is 299 g/mol. The van der Waals surface area contributed by atoms with E-state index in [0.717, 1.165) is 23.8 Å². The third-order valence-electron chi connectivity index (χ3n) is 3.09. The number of aryl methyl sites for hydroxylation is 1. The fraction of sp³-hybridized carbons (Fsp3) is 0.583. The van der Waals surface area contributed by atoms with E-state index in [-0.39, 0.29) is 6.04 Å². The molecule has 1 atom stereocenters. The number of rotatable bonds is 7. The summed E-state index contributed by atoms with van der Waals surface area (Å²) >= 11 is 6.13. The van der Waals surface area contributed by atoms with E-state index in [9.17, 15) is 0 Å². The highest BCUT2D eigenvalue weighted by atomic mass is 35.5. The molecule has 0 aliphatic rings. The van der Waals surface area contributed by atoms with Gasteiger partial charge in [-0.25, -0.2) is 0 Å². The summed E-state index contributed by atoms with van der Waals surface area (Å²) < 4.78 is 7.04. The van der Waals surface area contributed by atoms with Gasteiger partial charge in [0, 0.05) is 20.2 Å². The van der Waals surface area contributed by atoms with Crippen molar-refractivity contribution < 1.29 is 4.74 Å². The first-order valence-electron chi connectivity index (χ1n) is 6.42. The standard InChI is InChI=1S/C12H19ClN6O/c1-8-11(13)10(17-16-8)6-14-9(2)12-18-15-7-19(12)4-5-20-3/h7,9,14H,4-6H2,1-3H3,(H,16,17). The van der Waals surface area contributed by atoms with Crippen LogP contribution in [0.2, 0.25) is 5.02 Å². The lowest BCUT2D eigenvalue weighted by Crippen LogP contribution is -2.22. The summed E-state index contributed by atoms with van der Waals surface area (Å²) in [6, 6.07) is 0.0439. The molecule has 7 nitrogen and oxygen atoms in total. The van der Waals surface area contributed by atoms with Gasteiger partial charge in [0.15, 0.2) is 0 Å². The molecule has 8 heteroatoms. The van der Waals surface area contributed by atoms with Crippen molar-refractivity contribution in [1.82, 2.24) is 30.3 Å². The normalized spacial score (nSPS) is 12.8. The molecule has 0 amide bonds. The lowest BCUT2D eigenvalue weighted by Gasteiger charge is -2.14. The number of nitrogens with zero attached hydrogens (tertiary/aromatic N) is 4. The second-order valence-electron chi connectivity index (χ2n) is 4.59. The predicted molar refractivity (Wildman–Crippen MR) is 75.5 cm³/mol. The Morgan fingerprint density at radius 3 is 3.00 bits per heavy atom. The maximum absolute atomic E-state index is 6.13. The van der Waals surface area contributed by atoms with Gasteiger partial charge in [0.1, 0.15) is 12.2 Å². The molecule has 0 fully saturated rings. The minimum absolute atomic E-state index is 0.0439. The van der Waals surface area contributed by atoms with Crippen LogP contribution in [0.1, 0.15) is 30.2 Å². The summed E-state index contributed by atoms with van der Waals surface area (Å²) in [6.07, 6.45) is 1.71. The molecule has 0 spiro atoms. The van der Waals surface area contributed by atoms with Crippen molar-refractivity contribution in [1.29, 1.82) is 0 Å². The van der Waals surface area contributed by atoms with Crippen molar-refractivity contribution in [3.8, 4) is 0 Å². The van der Waals surface area contributed by atoms with Gasteiger partial charge < -0.3 is 14.6 Å². The van der Waals surface area contributed by atoms with Crippen LogP contribution in [0.15, 0.2) is 6.33 Å². The van der Waals surface area contributed by atoms with Crippen LogP contribution in [0.5, 0.6) is 0 Å². The molecule has 2 rings (SSSR count). The van der Waals surface area contributed by atoms with Crippen LogP contribution in [-0.4, -0.2) is 38.7 Å². The number of aromatic amines is 1. The van der Waals surface area contributed by atoms with Gasteiger partial charge in [-0.05, 0) is 13.8 Å². The molecule has 0 aliphatic heterocycles. The second-order valence-corrected chi connectivity index (χ2v) is 4.97. The van der Waals surface area contributed by atoms with E-state index in [1.54, 1.807) is 13.4 Å². The molecule has 0 saturated carbocycles. The molecular weight excluding hydrogens is 280 g/mol. The smallest absolute Gasteiger partial charge is 0.149 e. The van der Waals surface area contributed by atoms with Gasteiger partial charge in [-0.15, -0.1) is 10.2 Å². The van der Waals surface area contributed by atoms with Gasteiger partial charge in [0.2, 0.25) is 0 Å². The molecule has 0 aromatic carbocycles. The van der Waals surface area contributed by atoms with Crippen molar-refractivity contribution in [3.05, 3.63) is 28.6 Å². The predicted octanol–water partition coefficient (Wildman–Crippen LogP) is 1.46. The minimum atomic E-state index is 0.0439. The Kier molecular flexibility index (Phi) is 5.11.